The highest BCUT2D eigenvalue weighted by Gasteiger charge is 2.26. The van der Waals surface area contributed by atoms with E-state index in [0.29, 0.717) is 5.92 Å². The van der Waals surface area contributed by atoms with Crippen molar-refractivity contribution in [1.29, 1.82) is 0 Å². The summed E-state index contributed by atoms with van der Waals surface area (Å²) in [5.74, 6) is 0.161. The minimum Gasteiger partial charge on any atom is -0.298 e. The summed E-state index contributed by atoms with van der Waals surface area (Å²) in [7, 11) is 0. The molecular formula is C21H26FN5. The van der Waals surface area contributed by atoms with E-state index < -0.39 is 0 Å². The van der Waals surface area contributed by atoms with Crippen molar-refractivity contribution in [2.24, 2.45) is 0 Å². The predicted molar refractivity (Wildman–Crippen MR) is 104 cm³/mol. The highest BCUT2D eigenvalue weighted by atomic mass is 19.1. The van der Waals surface area contributed by atoms with Gasteiger partial charge in [0.15, 0.2) is 0 Å². The van der Waals surface area contributed by atoms with Gasteiger partial charge in [0.2, 0.25) is 0 Å². The van der Waals surface area contributed by atoms with E-state index in [4.69, 9.17) is 0 Å². The number of rotatable bonds is 5. The Morgan fingerprint density at radius 3 is 3.00 bits per heavy atom. The van der Waals surface area contributed by atoms with Crippen molar-refractivity contribution in [3.63, 3.8) is 0 Å². The van der Waals surface area contributed by atoms with Crippen LogP contribution in [0.1, 0.15) is 42.6 Å². The molecule has 6 heteroatoms. The SMILES string of the molecule is CCn1cc(CN2CCC[C@H](c3[nH]ncc3-c3cccc(F)c3)C2)c(C)n1. The number of hydrogen-bond acceptors (Lipinski definition) is 3. The normalized spacial score (nSPS) is 18.1. The van der Waals surface area contributed by atoms with Gasteiger partial charge in [-0.05, 0) is 50.9 Å². The molecule has 3 aromatic rings. The van der Waals surface area contributed by atoms with Gasteiger partial charge in [-0.2, -0.15) is 10.2 Å². The van der Waals surface area contributed by atoms with Crippen LogP contribution in [-0.4, -0.2) is 38.0 Å². The lowest BCUT2D eigenvalue weighted by Gasteiger charge is -2.32. The first-order valence-corrected chi connectivity index (χ1v) is 9.68. The van der Waals surface area contributed by atoms with Crippen LogP contribution in [0, 0.1) is 12.7 Å². The van der Waals surface area contributed by atoms with Crippen LogP contribution < -0.4 is 0 Å². The molecular weight excluding hydrogens is 341 g/mol. The number of piperidine rings is 1. The lowest BCUT2D eigenvalue weighted by atomic mass is 9.90. The van der Waals surface area contributed by atoms with Gasteiger partial charge in [-0.25, -0.2) is 4.39 Å². The monoisotopic (exact) mass is 367 g/mol. The smallest absolute Gasteiger partial charge is 0.123 e. The van der Waals surface area contributed by atoms with E-state index in [9.17, 15) is 4.39 Å². The van der Waals surface area contributed by atoms with Gasteiger partial charge in [0, 0.05) is 48.6 Å². The fraction of sp³-hybridized carbons (Fsp3) is 0.429. The average Bonchev–Trinajstić information content (AvgIpc) is 3.29. The Bertz CT molecular complexity index is 913. The largest absolute Gasteiger partial charge is 0.298 e. The number of nitrogens with one attached hydrogen (secondary N) is 1. The maximum atomic E-state index is 13.7. The quantitative estimate of drug-likeness (QED) is 0.738. The second kappa shape index (κ2) is 7.64. The summed E-state index contributed by atoms with van der Waals surface area (Å²) < 4.78 is 15.7. The van der Waals surface area contributed by atoms with E-state index in [1.807, 2.05) is 16.9 Å². The highest BCUT2D eigenvalue weighted by Crippen LogP contribution is 2.33. The molecule has 1 saturated heterocycles. The predicted octanol–water partition coefficient (Wildman–Crippen LogP) is 4.12. The third-order valence-corrected chi connectivity index (χ3v) is 5.48. The maximum Gasteiger partial charge on any atom is 0.123 e. The van der Waals surface area contributed by atoms with Crippen LogP contribution in [-0.2, 0) is 13.1 Å². The van der Waals surface area contributed by atoms with Gasteiger partial charge in [-0.15, -0.1) is 0 Å². The molecule has 0 bridgehead atoms. The Kier molecular flexibility index (Phi) is 5.07. The average molecular weight is 367 g/mol. The molecule has 1 atom stereocenters. The Labute approximate surface area is 159 Å². The molecule has 142 valence electrons. The molecule has 2 aromatic heterocycles. The van der Waals surface area contributed by atoms with Crippen LogP contribution in [0.25, 0.3) is 11.1 Å². The van der Waals surface area contributed by atoms with E-state index in [0.717, 1.165) is 61.5 Å². The first kappa shape index (κ1) is 17.9. The number of aromatic nitrogens is 4. The molecule has 3 heterocycles. The number of aromatic amines is 1. The maximum absolute atomic E-state index is 13.7. The fourth-order valence-electron chi connectivity index (χ4n) is 4.05. The number of likely N-dealkylation sites (tertiary alicyclic amines) is 1. The molecule has 1 N–H and O–H groups in total. The molecule has 0 radical (unpaired) electrons. The third kappa shape index (κ3) is 3.81. The van der Waals surface area contributed by atoms with Gasteiger partial charge in [0.05, 0.1) is 11.9 Å². The zero-order chi connectivity index (χ0) is 18.8. The number of benzene rings is 1. The first-order valence-electron chi connectivity index (χ1n) is 9.68. The van der Waals surface area contributed by atoms with Crippen LogP contribution in [0.15, 0.2) is 36.7 Å². The minimum absolute atomic E-state index is 0.215. The van der Waals surface area contributed by atoms with Crippen LogP contribution >= 0.6 is 0 Å². The van der Waals surface area contributed by atoms with Crippen LogP contribution in [0.3, 0.4) is 0 Å². The fourth-order valence-corrected chi connectivity index (χ4v) is 4.05. The summed E-state index contributed by atoms with van der Waals surface area (Å²) in [6, 6.07) is 6.76. The van der Waals surface area contributed by atoms with Crippen molar-refractivity contribution in [3.05, 3.63) is 59.4 Å². The van der Waals surface area contributed by atoms with E-state index >= 15 is 0 Å². The zero-order valence-corrected chi connectivity index (χ0v) is 16.0. The lowest BCUT2D eigenvalue weighted by molar-refractivity contribution is 0.198. The van der Waals surface area contributed by atoms with E-state index in [1.165, 1.54) is 11.6 Å². The van der Waals surface area contributed by atoms with Gasteiger partial charge >= 0.3 is 0 Å². The summed E-state index contributed by atoms with van der Waals surface area (Å²) in [5.41, 5.74) is 5.42. The summed E-state index contributed by atoms with van der Waals surface area (Å²) in [6.45, 7) is 8.08. The van der Waals surface area contributed by atoms with Crippen LogP contribution in [0.4, 0.5) is 4.39 Å². The molecule has 0 aliphatic carbocycles. The van der Waals surface area contributed by atoms with E-state index in [-0.39, 0.29) is 5.82 Å². The molecule has 4 rings (SSSR count). The molecule has 1 aliphatic heterocycles. The molecule has 1 aromatic carbocycles. The zero-order valence-electron chi connectivity index (χ0n) is 16.0. The van der Waals surface area contributed by atoms with Gasteiger partial charge in [0.1, 0.15) is 5.82 Å². The van der Waals surface area contributed by atoms with Crippen molar-refractivity contribution in [2.45, 2.75) is 45.7 Å². The molecule has 0 amide bonds. The summed E-state index contributed by atoms with van der Waals surface area (Å²) in [4.78, 5) is 2.49. The van der Waals surface area contributed by atoms with E-state index in [1.54, 1.807) is 12.1 Å². The van der Waals surface area contributed by atoms with Crippen LogP contribution in [0.5, 0.6) is 0 Å². The van der Waals surface area contributed by atoms with Crippen molar-refractivity contribution in [1.82, 2.24) is 24.9 Å². The number of H-pyrrole nitrogens is 1. The second-order valence-corrected chi connectivity index (χ2v) is 7.38. The van der Waals surface area contributed by atoms with E-state index in [2.05, 4.69) is 40.2 Å². The third-order valence-electron chi connectivity index (χ3n) is 5.48. The van der Waals surface area contributed by atoms with Gasteiger partial charge in [-0.3, -0.25) is 14.7 Å². The van der Waals surface area contributed by atoms with Crippen molar-refractivity contribution in [3.8, 4) is 11.1 Å². The molecule has 1 aliphatic rings. The Hall–Kier alpha value is -2.47. The van der Waals surface area contributed by atoms with Crippen LogP contribution in [0.2, 0.25) is 0 Å². The second-order valence-electron chi connectivity index (χ2n) is 7.38. The topological polar surface area (TPSA) is 49.7 Å². The first-order chi connectivity index (χ1) is 13.1. The number of nitrogens with zero attached hydrogens (tertiary/aromatic N) is 4. The number of halogens is 1. The Morgan fingerprint density at radius 1 is 1.33 bits per heavy atom. The van der Waals surface area contributed by atoms with Crippen molar-refractivity contribution >= 4 is 0 Å². The summed E-state index contributed by atoms with van der Waals surface area (Å²) in [5, 5.41) is 12.0. The number of aryl methyl sites for hydroxylation is 2. The van der Waals surface area contributed by atoms with Gasteiger partial charge < -0.3 is 0 Å². The van der Waals surface area contributed by atoms with Crippen molar-refractivity contribution < 1.29 is 4.39 Å². The lowest BCUT2D eigenvalue weighted by Crippen LogP contribution is -2.34. The molecule has 0 unspecified atom stereocenters. The molecule has 0 saturated carbocycles. The summed E-state index contributed by atoms with van der Waals surface area (Å²) >= 11 is 0. The molecule has 1 fully saturated rings. The van der Waals surface area contributed by atoms with Gasteiger partial charge in [0.25, 0.3) is 0 Å². The van der Waals surface area contributed by atoms with Crippen molar-refractivity contribution in [2.75, 3.05) is 13.1 Å². The number of hydrogen-bond donors (Lipinski definition) is 1. The molecule has 5 nitrogen and oxygen atoms in total. The molecule has 0 spiro atoms. The standard InChI is InChI=1S/C21H26FN5/c1-3-27-14-18(15(2)25-27)13-26-9-5-7-17(12-26)21-20(11-23-24-21)16-6-4-8-19(22)10-16/h4,6,8,10-11,14,17H,3,5,7,9,12-13H2,1-2H3,(H,23,24)/t17-/m0/s1. The summed E-state index contributed by atoms with van der Waals surface area (Å²) in [6.07, 6.45) is 6.24. The minimum atomic E-state index is -0.215. The van der Waals surface area contributed by atoms with Gasteiger partial charge in [-0.1, -0.05) is 12.1 Å². The molecule has 27 heavy (non-hydrogen) atoms. The highest BCUT2D eigenvalue weighted by molar-refractivity contribution is 5.65. The Balaban J connectivity index is 1.52. The Morgan fingerprint density at radius 2 is 2.22 bits per heavy atom.